The fourth-order valence-corrected chi connectivity index (χ4v) is 3.50. The van der Waals surface area contributed by atoms with Crippen molar-refractivity contribution in [1.29, 1.82) is 0 Å². The molecule has 2 N–H and O–H groups in total. The largest absolute Gasteiger partial charge is 0.352 e. The number of aromatic amines is 1. The normalized spacial score (nSPS) is 11.0. The lowest BCUT2D eigenvalue weighted by Crippen LogP contribution is -2.18. The Balaban J connectivity index is 1.42. The number of aromatic nitrogens is 4. The van der Waals surface area contributed by atoms with Crippen LogP contribution in [-0.4, -0.2) is 37.6 Å². The first-order chi connectivity index (χ1) is 13.6. The number of fused-ring (bicyclic) bond motifs is 3. The van der Waals surface area contributed by atoms with Crippen LogP contribution in [0.2, 0.25) is 0 Å². The molecule has 0 saturated heterocycles. The highest BCUT2D eigenvalue weighted by molar-refractivity contribution is 7.99. The topological polar surface area (TPSA) is 101 Å². The van der Waals surface area contributed by atoms with Crippen LogP contribution in [0, 0.1) is 0 Å². The predicted octanol–water partition coefficient (Wildman–Crippen LogP) is 3.12. The number of para-hydroxylation sites is 1. The van der Waals surface area contributed by atoms with E-state index in [0.717, 1.165) is 22.0 Å². The van der Waals surface area contributed by atoms with Gasteiger partial charge in [0.25, 0.3) is 0 Å². The fourth-order valence-electron chi connectivity index (χ4n) is 2.82. The first-order valence-corrected chi connectivity index (χ1v) is 9.69. The predicted molar refractivity (Wildman–Crippen MR) is 108 cm³/mol. The Morgan fingerprint density at radius 2 is 1.86 bits per heavy atom. The summed E-state index contributed by atoms with van der Waals surface area (Å²) in [6.45, 7) is 1.92. The van der Waals surface area contributed by atoms with Gasteiger partial charge in [-0.15, -0.1) is 10.2 Å². The molecule has 0 aliphatic carbocycles. The maximum Gasteiger partial charge on any atom is 0.217 e. The molecule has 0 bridgehead atoms. The number of nitrogens with zero attached hydrogens (tertiary/aromatic N) is 3. The molecule has 0 saturated carbocycles. The molecule has 0 aliphatic rings. The number of Topliss-reactive ketones (excluding diaryl/α,β-unsaturated/α-hetero) is 1. The molecule has 0 unspecified atom stereocenters. The second-order valence-electron chi connectivity index (χ2n) is 6.28. The van der Waals surface area contributed by atoms with E-state index < -0.39 is 0 Å². The molecule has 0 aliphatic heterocycles. The number of amides is 1. The third kappa shape index (κ3) is 3.86. The molecule has 4 rings (SSSR count). The summed E-state index contributed by atoms with van der Waals surface area (Å²) in [6, 6.07) is 15.0. The van der Waals surface area contributed by atoms with Gasteiger partial charge in [-0.25, -0.2) is 4.98 Å². The Hall–Kier alpha value is -3.26. The van der Waals surface area contributed by atoms with Crippen molar-refractivity contribution in [1.82, 2.24) is 25.5 Å². The van der Waals surface area contributed by atoms with Crippen LogP contribution >= 0.6 is 11.8 Å². The van der Waals surface area contributed by atoms with Crippen molar-refractivity contribution < 1.29 is 9.59 Å². The Labute approximate surface area is 165 Å². The smallest absolute Gasteiger partial charge is 0.217 e. The lowest BCUT2D eigenvalue weighted by atomic mass is 10.1. The van der Waals surface area contributed by atoms with Crippen LogP contribution in [-0.2, 0) is 11.3 Å². The number of benzene rings is 2. The Bertz CT molecular complexity index is 1170. The fraction of sp³-hybridized carbons (Fsp3) is 0.150. The molecule has 8 heteroatoms. The zero-order valence-corrected chi connectivity index (χ0v) is 15.9. The highest BCUT2D eigenvalue weighted by Gasteiger charge is 2.12. The molecule has 7 nitrogen and oxygen atoms in total. The van der Waals surface area contributed by atoms with Gasteiger partial charge in [-0.3, -0.25) is 9.59 Å². The Morgan fingerprint density at radius 3 is 2.64 bits per heavy atom. The third-order valence-corrected chi connectivity index (χ3v) is 5.09. The van der Waals surface area contributed by atoms with Crippen molar-refractivity contribution in [2.24, 2.45) is 0 Å². The highest BCUT2D eigenvalue weighted by atomic mass is 32.2. The van der Waals surface area contributed by atoms with Crippen molar-refractivity contribution in [2.45, 2.75) is 18.6 Å². The van der Waals surface area contributed by atoms with Gasteiger partial charge in [-0.2, -0.15) is 0 Å². The number of carbonyl (C=O) groups is 2. The number of ketones is 1. The van der Waals surface area contributed by atoms with Crippen LogP contribution in [0.5, 0.6) is 0 Å². The van der Waals surface area contributed by atoms with Gasteiger partial charge in [0, 0.05) is 29.9 Å². The van der Waals surface area contributed by atoms with Gasteiger partial charge in [0.05, 0.1) is 5.75 Å². The van der Waals surface area contributed by atoms with E-state index >= 15 is 0 Å². The van der Waals surface area contributed by atoms with E-state index in [1.165, 1.54) is 18.7 Å². The summed E-state index contributed by atoms with van der Waals surface area (Å²) in [4.78, 5) is 31.1. The van der Waals surface area contributed by atoms with Crippen molar-refractivity contribution >= 4 is 45.5 Å². The minimum absolute atomic E-state index is 0.0172. The summed E-state index contributed by atoms with van der Waals surface area (Å²) in [5, 5.41) is 12.6. The molecule has 0 atom stereocenters. The monoisotopic (exact) mass is 391 g/mol. The second-order valence-corrected chi connectivity index (χ2v) is 7.22. The van der Waals surface area contributed by atoms with Gasteiger partial charge in [0.15, 0.2) is 11.4 Å². The minimum Gasteiger partial charge on any atom is -0.352 e. The van der Waals surface area contributed by atoms with E-state index in [1.807, 2.05) is 36.4 Å². The van der Waals surface area contributed by atoms with Crippen LogP contribution in [0.25, 0.3) is 22.1 Å². The average Bonchev–Trinajstić information content (AvgIpc) is 3.08. The number of hydrogen-bond donors (Lipinski definition) is 2. The molecule has 2 heterocycles. The summed E-state index contributed by atoms with van der Waals surface area (Å²) in [5.41, 5.74) is 3.89. The molecular formula is C20H17N5O2S. The zero-order valence-electron chi connectivity index (χ0n) is 15.1. The standard InChI is InChI=1S/C20H17N5O2S/c1-12(26)21-10-13-6-8-14(9-7-13)17(27)11-28-20-23-19-18(24-25-20)15-4-2-3-5-16(15)22-19/h2-9H,10-11H2,1H3,(H,21,26)(H,22,23,25). The quantitative estimate of drug-likeness (QED) is 0.387. The van der Waals surface area contributed by atoms with Crippen LogP contribution in [0.1, 0.15) is 22.8 Å². The van der Waals surface area contributed by atoms with Gasteiger partial charge in [0.1, 0.15) is 5.52 Å². The summed E-state index contributed by atoms with van der Waals surface area (Å²) >= 11 is 1.26. The average molecular weight is 391 g/mol. The highest BCUT2D eigenvalue weighted by Crippen LogP contribution is 2.23. The van der Waals surface area contributed by atoms with E-state index in [4.69, 9.17) is 0 Å². The summed E-state index contributed by atoms with van der Waals surface area (Å²) in [6.07, 6.45) is 0. The Morgan fingerprint density at radius 1 is 1.07 bits per heavy atom. The number of rotatable bonds is 6. The number of hydrogen-bond acceptors (Lipinski definition) is 6. The summed E-state index contributed by atoms with van der Waals surface area (Å²) in [7, 11) is 0. The van der Waals surface area contributed by atoms with Crippen molar-refractivity contribution in [2.75, 3.05) is 5.75 Å². The van der Waals surface area contributed by atoms with Crippen LogP contribution in [0.3, 0.4) is 0 Å². The molecule has 0 fully saturated rings. The van der Waals surface area contributed by atoms with Crippen LogP contribution in [0.4, 0.5) is 0 Å². The number of carbonyl (C=O) groups excluding carboxylic acids is 2. The Kier molecular flexibility index (Phi) is 5.03. The summed E-state index contributed by atoms with van der Waals surface area (Å²) < 4.78 is 0. The van der Waals surface area contributed by atoms with Gasteiger partial charge < -0.3 is 10.3 Å². The first kappa shape index (κ1) is 18.1. The first-order valence-electron chi connectivity index (χ1n) is 8.70. The SMILES string of the molecule is CC(=O)NCc1ccc(C(=O)CSc2nnc3c(n2)[nH]c2ccccc23)cc1. The van der Waals surface area contributed by atoms with Gasteiger partial charge in [-0.1, -0.05) is 54.2 Å². The van der Waals surface area contributed by atoms with E-state index in [2.05, 4.69) is 25.5 Å². The molecule has 1 amide bonds. The van der Waals surface area contributed by atoms with Crippen molar-refractivity contribution in [3.63, 3.8) is 0 Å². The van der Waals surface area contributed by atoms with E-state index in [1.54, 1.807) is 12.1 Å². The molecular weight excluding hydrogens is 374 g/mol. The lowest BCUT2D eigenvalue weighted by Gasteiger charge is -2.04. The van der Waals surface area contributed by atoms with Crippen LogP contribution < -0.4 is 5.32 Å². The van der Waals surface area contributed by atoms with E-state index in [0.29, 0.717) is 22.9 Å². The molecule has 0 spiro atoms. The minimum atomic E-state index is -0.0860. The van der Waals surface area contributed by atoms with Crippen molar-refractivity contribution in [3.05, 3.63) is 59.7 Å². The number of nitrogens with one attached hydrogen (secondary N) is 2. The van der Waals surface area contributed by atoms with Gasteiger partial charge in [0.2, 0.25) is 11.1 Å². The molecule has 4 aromatic rings. The van der Waals surface area contributed by atoms with E-state index in [-0.39, 0.29) is 17.4 Å². The number of H-pyrrole nitrogens is 1. The maximum atomic E-state index is 12.4. The molecule has 2 aromatic heterocycles. The van der Waals surface area contributed by atoms with Gasteiger partial charge in [-0.05, 0) is 11.6 Å². The molecule has 2 aromatic carbocycles. The van der Waals surface area contributed by atoms with Gasteiger partial charge >= 0.3 is 0 Å². The second kappa shape index (κ2) is 7.77. The lowest BCUT2D eigenvalue weighted by molar-refractivity contribution is -0.119. The molecule has 140 valence electrons. The number of thioether (sulfide) groups is 1. The van der Waals surface area contributed by atoms with E-state index in [9.17, 15) is 9.59 Å². The molecule has 28 heavy (non-hydrogen) atoms. The third-order valence-electron chi connectivity index (χ3n) is 4.25. The van der Waals surface area contributed by atoms with Crippen LogP contribution in [0.15, 0.2) is 53.7 Å². The van der Waals surface area contributed by atoms with Crippen molar-refractivity contribution in [3.8, 4) is 0 Å². The summed E-state index contributed by atoms with van der Waals surface area (Å²) in [5.74, 6) is 0.117. The zero-order chi connectivity index (χ0) is 19.5. The molecule has 0 radical (unpaired) electrons. The maximum absolute atomic E-state index is 12.4.